The Morgan fingerprint density at radius 1 is 0.936 bits per heavy atom. The molecule has 0 saturated carbocycles. The first-order valence-electron chi connectivity index (χ1n) is 15.2. The number of benzene rings is 3. The molecule has 1 aromatic heterocycles. The van der Waals surface area contributed by atoms with Crippen LogP contribution in [0, 0.1) is 10.1 Å². The lowest BCUT2D eigenvalue weighted by atomic mass is 10.1. The molecule has 1 unspecified atom stereocenters. The highest BCUT2D eigenvalue weighted by atomic mass is 19.4. The van der Waals surface area contributed by atoms with Crippen LogP contribution in [0.4, 0.5) is 18.9 Å². The van der Waals surface area contributed by atoms with Crippen LogP contribution < -0.4 is 23.8 Å². The summed E-state index contributed by atoms with van der Waals surface area (Å²) in [6.45, 7) is 6.04. The van der Waals surface area contributed by atoms with Gasteiger partial charge in [-0.1, -0.05) is 24.3 Å². The molecule has 14 heteroatoms. The third-order valence-electron chi connectivity index (χ3n) is 8.15. The number of alkyl halides is 3. The van der Waals surface area contributed by atoms with Crippen LogP contribution in [0.3, 0.4) is 0 Å². The maximum absolute atomic E-state index is 12.4. The van der Waals surface area contributed by atoms with Crippen LogP contribution >= 0.6 is 0 Å². The first-order valence-corrected chi connectivity index (χ1v) is 15.2. The monoisotopic (exact) mass is 653 g/mol. The highest BCUT2D eigenvalue weighted by Gasteiger charge is 2.36. The summed E-state index contributed by atoms with van der Waals surface area (Å²) in [6, 6.07) is 21.8. The van der Waals surface area contributed by atoms with Crippen molar-refractivity contribution in [2.24, 2.45) is 0 Å². The van der Waals surface area contributed by atoms with Crippen molar-refractivity contribution >= 4 is 5.69 Å². The second-order valence-corrected chi connectivity index (χ2v) is 11.6. The van der Waals surface area contributed by atoms with Crippen LogP contribution in [0.5, 0.6) is 23.3 Å². The van der Waals surface area contributed by atoms with Gasteiger partial charge in [0.25, 0.3) is 6.17 Å². The summed E-state index contributed by atoms with van der Waals surface area (Å²) in [5.41, 5.74) is 2.98. The molecule has 0 spiro atoms. The minimum atomic E-state index is -4.72. The molecule has 2 aliphatic heterocycles. The van der Waals surface area contributed by atoms with E-state index in [0.29, 0.717) is 11.5 Å². The average molecular weight is 654 g/mol. The number of ether oxygens (including phenoxy) is 4. The lowest BCUT2D eigenvalue weighted by Gasteiger charge is -2.41. The summed E-state index contributed by atoms with van der Waals surface area (Å²) < 4.78 is 59.9. The average Bonchev–Trinajstić information content (AvgIpc) is 3.52. The summed E-state index contributed by atoms with van der Waals surface area (Å²) in [5, 5.41) is 11.5. The van der Waals surface area contributed by atoms with Gasteiger partial charge in [0.1, 0.15) is 36.6 Å². The Labute approximate surface area is 269 Å². The van der Waals surface area contributed by atoms with Gasteiger partial charge in [-0.15, -0.1) is 13.2 Å². The molecule has 11 nitrogen and oxygen atoms in total. The molecule has 3 atom stereocenters. The fourth-order valence-corrected chi connectivity index (χ4v) is 5.84. The quantitative estimate of drug-likeness (QED) is 0.141. The van der Waals surface area contributed by atoms with E-state index in [-0.39, 0.29) is 42.4 Å². The number of imidazole rings is 1. The maximum Gasteiger partial charge on any atom is 0.573 e. The molecule has 4 aromatic rings. The lowest BCUT2D eigenvalue weighted by Crippen LogP contribution is -2.51. The highest BCUT2D eigenvalue weighted by Crippen LogP contribution is 2.30. The van der Waals surface area contributed by atoms with Crippen LogP contribution in [-0.4, -0.2) is 64.1 Å². The molecule has 3 aromatic carbocycles. The number of nitrogens with zero attached hydrogens (tertiary/aromatic N) is 5. The molecule has 0 N–H and O–H groups in total. The Morgan fingerprint density at radius 3 is 2.28 bits per heavy atom. The SMILES string of the molecule is C[C@H]1CN(Cc2ccc(OCc3ccc(OC(F)(F)F)cc3)cc2)CCN1c1ccc(OC[C@@H]2CC([N+](=O)[O-])n3ccnc3O2)cc1. The fourth-order valence-electron chi connectivity index (χ4n) is 5.84. The fraction of sp³-hybridized carbons (Fsp3) is 0.364. The summed E-state index contributed by atoms with van der Waals surface area (Å²) in [4.78, 5) is 20.0. The molecule has 1 fully saturated rings. The maximum atomic E-state index is 12.4. The summed E-state index contributed by atoms with van der Waals surface area (Å²) in [6.07, 6.45) is -2.90. The third kappa shape index (κ3) is 8.25. The highest BCUT2D eigenvalue weighted by molar-refractivity contribution is 5.50. The Balaban J connectivity index is 0.941. The van der Waals surface area contributed by atoms with Gasteiger partial charge < -0.3 is 23.8 Å². The van der Waals surface area contributed by atoms with Crippen molar-refractivity contribution in [1.82, 2.24) is 14.5 Å². The molecule has 0 radical (unpaired) electrons. The van der Waals surface area contributed by atoms with E-state index in [2.05, 4.69) is 26.4 Å². The number of rotatable bonds is 11. The number of halogens is 3. The number of aromatic nitrogens is 2. The van der Waals surface area contributed by atoms with Crippen LogP contribution in [-0.2, 0) is 13.2 Å². The number of nitro groups is 1. The van der Waals surface area contributed by atoms with Gasteiger partial charge in [-0.05, 0) is 66.6 Å². The molecule has 2 aliphatic rings. The van der Waals surface area contributed by atoms with Crippen molar-refractivity contribution < 1.29 is 37.0 Å². The Bertz CT molecular complexity index is 1630. The number of hydrogen-bond donors (Lipinski definition) is 0. The van der Waals surface area contributed by atoms with Crippen molar-refractivity contribution in [3.05, 3.63) is 106 Å². The first-order chi connectivity index (χ1) is 22.6. The van der Waals surface area contributed by atoms with Gasteiger partial charge in [-0.3, -0.25) is 15.0 Å². The standard InChI is InChI=1S/C33H34F3N5O6/c1-23-19-38(20-24-2-8-27(9-3-24)44-21-25-4-10-29(11-5-25)47-33(34,35)36)16-17-39(23)26-6-12-28(13-7-26)45-22-30-18-31(41(42)43)40-15-14-37-32(40)46-30/h2-15,23,30-31H,16-22H2,1H3/t23-,30-,31?/m0/s1. The molecule has 0 amide bonds. The lowest BCUT2D eigenvalue weighted by molar-refractivity contribution is -0.553. The van der Waals surface area contributed by atoms with E-state index < -0.39 is 18.6 Å². The predicted molar refractivity (Wildman–Crippen MR) is 165 cm³/mol. The van der Waals surface area contributed by atoms with Crippen molar-refractivity contribution in [2.75, 3.05) is 31.1 Å². The van der Waals surface area contributed by atoms with Gasteiger partial charge in [0.2, 0.25) is 0 Å². The van der Waals surface area contributed by atoms with Crippen molar-refractivity contribution in [3.8, 4) is 23.3 Å². The number of anilines is 1. The number of fused-ring (bicyclic) bond motifs is 1. The second kappa shape index (κ2) is 13.8. The number of piperazine rings is 1. The molecule has 3 heterocycles. The Morgan fingerprint density at radius 2 is 1.60 bits per heavy atom. The van der Waals surface area contributed by atoms with E-state index in [9.17, 15) is 23.3 Å². The molecular weight excluding hydrogens is 619 g/mol. The molecule has 1 saturated heterocycles. The predicted octanol–water partition coefficient (Wildman–Crippen LogP) is 6.08. The zero-order chi connectivity index (χ0) is 33.0. The Hall–Kier alpha value is -4.98. The zero-order valence-corrected chi connectivity index (χ0v) is 25.6. The number of hydrogen-bond acceptors (Lipinski definition) is 9. The van der Waals surface area contributed by atoms with Gasteiger partial charge in [-0.25, -0.2) is 9.55 Å². The second-order valence-electron chi connectivity index (χ2n) is 11.6. The van der Waals surface area contributed by atoms with E-state index >= 15 is 0 Å². The topological polar surface area (TPSA) is 104 Å². The summed E-state index contributed by atoms with van der Waals surface area (Å²) >= 11 is 0. The Kier molecular flexibility index (Phi) is 9.38. The van der Waals surface area contributed by atoms with Crippen molar-refractivity contribution in [2.45, 2.75) is 51.2 Å². The van der Waals surface area contributed by atoms with E-state index in [0.717, 1.165) is 43.0 Å². The summed E-state index contributed by atoms with van der Waals surface area (Å²) in [7, 11) is 0. The van der Waals surface area contributed by atoms with E-state index in [1.165, 1.54) is 22.9 Å². The first kappa shape index (κ1) is 32.0. The van der Waals surface area contributed by atoms with Crippen LogP contribution in [0.2, 0.25) is 0 Å². The van der Waals surface area contributed by atoms with Crippen molar-refractivity contribution in [3.63, 3.8) is 0 Å². The summed E-state index contributed by atoms with van der Waals surface area (Å²) in [5.74, 6) is 1.07. The molecular formula is C33H34F3N5O6. The third-order valence-corrected chi connectivity index (χ3v) is 8.15. The van der Waals surface area contributed by atoms with Gasteiger partial charge in [0.15, 0.2) is 0 Å². The van der Waals surface area contributed by atoms with E-state index in [4.69, 9.17) is 14.2 Å². The van der Waals surface area contributed by atoms with Gasteiger partial charge in [0, 0.05) is 55.2 Å². The molecule has 0 bridgehead atoms. The normalized spacial score (nSPS) is 19.8. The molecule has 6 rings (SSSR count). The van der Waals surface area contributed by atoms with Gasteiger partial charge in [-0.2, -0.15) is 0 Å². The van der Waals surface area contributed by atoms with Crippen LogP contribution in [0.1, 0.15) is 30.6 Å². The molecule has 47 heavy (non-hydrogen) atoms. The van der Waals surface area contributed by atoms with Crippen LogP contribution in [0.25, 0.3) is 0 Å². The smallest absolute Gasteiger partial charge is 0.490 e. The van der Waals surface area contributed by atoms with E-state index in [1.807, 2.05) is 48.5 Å². The molecule has 248 valence electrons. The van der Waals surface area contributed by atoms with Crippen molar-refractivity contribution in [1.29, 1.82) is 0 Å². The minimum absolute atomic E-state index is 0.177. The van der Waals surface area contributed by atoms with Gasteiger partial charge >= 0.3 is 12.4 Å². The zero-order valence-electron chi connectivity index (χ0n) is 25.6. The molecule has 0 aliphatic carbocycles. The van der Waals surface area contributed by atoms with Crippen LogP contribution in [0.15, 0.2) is 85.2 Å². The largest absolute Gasteiger partial charge is 0.573 e. The van der Waals surface area contributed by atoms with Gasteiger partial charge in [0.05, 0.1) is 6.42 Å². The van der Waals surface area contributed by atoms with E-state index in [1.54, 1.807) is 18.3 Å². The minimum Gasteiger partial charge on any atom is -0.490 e.